The number of amides is 2. The lowest BCUT2D eigenvalue weighted by molar-refractivity contribution is -0.122. The largest absolute Gasteiger partial charge is 0.355 e. The number of nitrogens with zero attached hydrogens (tertiary/aromatic N) is 2. The van der Waals surface area contributed by atoms with E-state index in [4.69, 9.17) is 0 Å². The molecule has 1 aromatic carbocycles. The van der Waals surface area contributed by atoms with Crippen LogP contribution in [0.3, 0.4) is 0 Å². The molecule has 0 spiro atoms. The number of likely N-dealkylation sites (N-methyl/N-ethyl adjacent to an activating group) is 1. The van der Waals surface area contributed by atoms with Crippen molar-refractivity contribution < 1.29 is 14.0 Å². The van der Waals surface area contributed by atoms with E-state index < -0.39 is 0 Å². The van der Waals surface area contributed by atoms with Gasteiger partial charge in [-0.1, -0.05) is 6.07 Å². The van der Waals surface area contributed by atoms with E-state index >= 15 is 0 Å². The van der Waals surface area contributed by atoms with E-state index in [1.54, 1.807) is 6.07 Å². The van der Waals surface area contributed by atoms with E-state index in [9.17, 15) is 14.0 Å². The molecule has 2 amide bonds. The topological polar surface area (TPSA) is 52.7 Å². The number of hydrogen-bond donors (Lipinski definition) is 1. The number of aryl methyl sites for hydroxylation is 1. The normalized spacial score (nSPS) is 15.9. The average Bonchev–Trinajstić information content (AvgIpc) is 2.78. The van der Waals surface area contributed by atoms with Crippen molar-refractivity contribution in [2.75, 3.05) is 39.3 Å². The number of benzene rings is 1. The van der Waals surface area contributed by atoms with Gasteiger partial charge in [-0.25, -0.2) is 4.39 Å². The lowest BCUT2D eigenvalue weighted by atomic mass is 10.1. The number of thiophene rings is 1. The maximum Gasteiger partial charge on any atom is 0.264 e. The Kier molecular flexibility index (Phi) is 5.88. The molecule has 0 unspecified atom stereocenters. The lowest BCUT2D eigenvalue weighted by Crippen LogP contribution is -2.40. The zero-order chi connectivity index (χ0) is 18.7. The van der Waals surface area contributed by atoms with Gasteiger partial charge in [-0.3, -0.25) is 14.5 Å². The summed E-state index contributed by atoms with van der Waals surface area (Å²) in [5, 5.41) is 3.36. The van der Waals surface area contributed by atoms with Crippen LogP contribution in [0.25, 0.3) is 10.1 Å². The van der Waals surface area contributed by atoms with E-state index in [2.05, 4.69) is 10.2 Å². The van der Waals surface area contributed by atoms with Crippen LogP contribution in [0, 0.1) is 12.7 Å². The van der Waals surface area contributed by atoms with Gasteiger partial charge in [0.25, 0.3) is 5.91 Å². The molecule has 0 aliphatic carbocycles. The molecule has 0 bridgehead atoms. The third-order valence-electron chi connectivity index (χ3n) is 4.71. The second-order valence-corrected chi connectivity index (χ2v) is 7.60. The predicted molar refractivity (Wildman–Crippen MR) is 102 cm³/mol. The summed E-state index contributed by atoms with van der Waals surface area (Å²) >= 11 is 1.36. The molecule has 1 saturated heterocycles. The van der Waals surface area contributed by atoms with Gasteiger partial charge < -0.3 is 10.2 Å². The molecule has 2 aromatic rings. The second kappa shape index (κ2) is 8.14. The van der Waals surface area contributed by atoms with Gasteiger partial charge >= 0.3 is 0 Å². The Bertz CT molecular complexity index is 820. The maximum atomic E-state index is 14.1. The van der Waals surface area contributed by atoms with Crippen LogP contribution in [0.15, 0.2) is 18.2 Å². The number of nitrogens with one attached hydrogen (secondary N) is 1. The highest BCUT2D eigenvalue weighted by molar-refractivity contribution is 7.21. The minimum atomic E-state index is -0.278. The van der Waals surface area contributed by atoms with Gasteiger partial charge in [0, 0.05) is 42.8 Å². The minimum absolute atomic E-state index is 0.0168. The van der Waals surface area contributed by atoms with Crippen LogP contribution >= 0.6 is 11.3 Å². The van der Waals surface area contributed by atoms with Crippen LogP contribution < -0.4 is 5.32 Å². The van der Waals surface area contributed by atoms with E-state index in [0.29, 0.717) is 43.0 Å². The molecule has 1 aromatic heterocycles. The first-order valence-electron chi connectivity index (χ1n) is 8.97. The van der Waals surface area contributed by atoms with Crippen molar-refractivity contribution in [2.45, 2.75) is 20.3 Å². The third kappa shape index (κ3) is 3.88. The number of carbonyl (C=O) groups is 2. The summed E-state index contributed by atoms with van der Waals surface area (Å²) in [4.78, 5) is 29.3. The fourth-order valence-corrected chi connectivity index (χ4v) is 4.58. The van der Waals surface area contributed by atoms with Crippen LogP contribution in [-0.4, -0.2) is 60.9 Å². The van der Waals surface area contributed by atoms with Gasteiger partial charge in [0.05, 0.1) is 11.4 Å². The predicted octanol–water partition coefficient (Wildman–Crippen LogP) is 2.63. The van der Waals surface area contributed by atoms with Crippen molar-refractivity contribution in [1.29, 1.82) is 0 Å². The second-order valence-electron chi connectivity index (χ2n) is 6.54. The van der Waals surface area contributed by atoms with Crippen molar-refractivity contribution >= 4 is 33.2 Å². The first-order chi connectivity index (χ1) is 12.5. The van der Waals surface area contributed by atoms with Crippen LogP contribution in [-0.2, 0) is 4.79 Å². The molecule has 1 aliphatic heterocycles. The van der Waals surface area contributed by atoms with Crippen molar-refractivity contribution in [3.8, 4) is 0 Å². The number of fused-ring (bicyclic) bond motifs is 1. The quantitative estimate of drug-likeness (QED) is 0.891. The number of hydrogen-bond acceptors (Lipinski definition) is 4. The molecule has 7 heteroatoms. The van der Waals surface area contributed by atoms with Crippen LogP contribution in [0.4, 0.5) is 4.39 Å². The highest BCUT2D eigenvalue weighted by Gasteiger charge is 2.25. The van der Waals surface area contributed by atoms with E-state index in [-0.39, 0.29) is 17.6 Å². The molecular weight excluding hydrogens is 353 g/mol. The third-order valence-corrected chi connectivity index (χ3v) is 5.96. The van der Waals surface area contributed by atoms with Gasteiger partial charge in [0.15, 0.2) is 0 Å². The molecule has 0 radical (unpaired) electrons. The molecule has 1 fully saturated rings. The summed E-state index contributed by atoms with van der Waals surface area (Å²) < 4.78 is 14.9. The molecule has 1 aliphatic rings. The maximum absolute atomic E-state index is 14.1. The summed E-state index contributed by atoms with van der Waals surface area (Å²) in [6.07, 6.45) is 0.823. The molecule has 26 heavy (non-hydrogen) atoms. The zero-order valence-electron chi connectivity index (χ0n) is 15.2. The summed E-state index contributed by atoms with van der Waals surface area (Å²) in [6.45, 7) is 7.39. The van der Waals surface area contributed by atoms with Crippen LogP contribution in [0.1, 0.15) is 28.6 Å². The average molecular weight is 377 g/mol. The Balaban J connectivity index is 1.72. The zero-order valence-corrected chi connectivity index (χ0v) is 16.0. The molecule has 3 rings (SSSR count). The Morgan fingerprint density at radius 2 is 2.04 bits per heavy atom. The summed E-state index contributed by atoms with van der Waals surface area (Å²) in [7, 11) is 0. The minimum Gasteiger partial charge on any atom is -0.355 e. The Morgan fingerprint density at radius 1 is 1.23 bits per heavy atom. The van der Waals surface area contributed by atoms with Gasteiger partial charge in [-0.2, -0.15) is 0 Å². The van der Waals surface area contributed by atoms with Gasteiger partial charge in [-0.15, -0.1) is 11.3 Å². The highest BCUT2D eigenvalue weighted by Crippen LogP contribution is 2.33. The molecule has 140 valence electrons. The number of halogens is 1. The molecule has 0 atom stereocenters. The fourth-order valence-electron chi connectivity index (χ4n) is 3.39. The first kappa shape index (κ1) is 18.8. The van der Waals surface area contributed by atoms with Crippen LogP contribution in [0.2, 0.25) is 0 Å². The van der Waals surface area contributed by atoms with Crippen molar-refractivity contribution in [2.24, 2.45) is 0 Å². The van der Waals surface area contributed by atoms with Crippen molar-refractivity contribution in [3.05, 3.63) is 34.5 Å². The van der Waals surface area contributed by atoms with E-state index in [0.717, 1.165) is 23.2 Å². The number of rotatable bonds is 4. The highest BCUT2D eigenvalue weighted by atomic mass is 32.1. The fraction of sp³-hybridized carbons (Fsp3) is 0.474. The molecule has 5 nitrogen and oxygen atoms in total. The Morgan fingerprint density at radius 3 is 2.77 bits per heavy atom. The molecular formula is C19H24FN3O2S. The smallest absolute Gasteiger partial charge is 0.264 e. The van der Waals surface area contributed by atoms with E-state index in [1.807, 2.05) is 24.8 Å². The Hall–Kier alpha value is -1.99. The first-order valence-corrected chi connectivity index (χ1v) is 9.78. The van der Waals surface area contributed by atoms with E-state index in [1.165, 1.54) is 17.4 Å². The SMILES string of the molecule is CCNC(=O)CN1CCCN(C(=O)c2sc3cccc(F)c3c2C)CC1. The number of carbonyl (C=O) groups excluding carboxylic acids is 2. The summed E-state index contributed by atoms with van der Waals surface area (Å²) in [5.41, 5.74) is 0.719. The summed E-state index contributed by atoms with van der Waals surface area (Å²) in [6, 6.07) is 4.96. The lowest BCUT2D eigenvalue weighted by Gasteiger charge is -2.21. The van der Waals surface area contributed by atoms with Gasteiger partial charge in [0.1, 0.15) is 5.82 Å². The van der Waals surface area contributed by atoms with Crippen molar-refractivity contribution in [1.82, 2.24) is 15.1 Å². The molecule has 2 heterocycles. The van der Waals surface area contributed by atoms with Gasteiger partial charge in [-0.05, 0) is 38.0 Å². The van der Waals surface area contributed by atoms with Crippen LogP contribution in [0.5, 0.6) is 0 Å². The Labute approximate surface area is 156 Å². The molecule has 0 saturated carbocycles. The monoisotopic (exact) mass is 377 g/mol. The van der Waals surface area contributed by atoms with Crippen molar-refractivity contribution in [3.63, 3.8) is 0 Å². The summed E-state index contributed by atoms with van der Waals surface area (Å²) in [5.74, 6) is -0.301. The molecule has 1 N–H and O–H groups in total. The standard InChI is InChI=1S/C19H24FN3O2S/c1-3-21-16(24)12-22-8-5-9-23(11-10-22)19(25)18-13(2)17-14(20)6-4-7-15(17)26-18/h4,6-7H,3,5,8-12H2,1-2H3,(H,21,24). The van der Waals surface area contributed by atoms with Gasteiger partial charge in [0.2, 0.25) is 5.91 Å².